The Balaban J connectivity index is 1.55. The van der Waals surface area contributed by atoms with Gasteiger partial charge in [-0.2, -0.15) is 0 Å². The number of aliphatic hydroxyl groups is 3. The minimum absolute atomic E-state index is 0.134. The molecular weight excluding hydrogens is 469 g/mol. The van der Waals surface area contributed by atoms with Crippen molar-refractivity contribution in [2.24, 2.45) is 5.41 Å². The zero-order chi connectivity index (χ0) is 26.0. The number of rotatable bonds is 8. The Bertz CT molecular complexity index is 1070. The first-order valence-corrected chi connectivity index (χ1v) is 12.1. The number of carbonyl (C=O) groups is 1. The van der Waals surface area contributed by atoms with E-state index in [4.69, 9.17) is 9.47 Å². The van der Waals surface area contributed by atoms with E-state index >= 15 is 0 Å². The third kappa shape index (κ3) is 5.11. The minimum atomic E-state index is -1.49. The lowest BCUT2D eigenvalue weighted by atomic mass is 9.72. The lowest BCUT2D eigenvalue weighted by Crippen LogP contribution is -2.42. The highest BCUT2D eigenvalue weighted by atomic mass is 19.1. The van der Waals surface area contributed by atoms with E-state index < -0.39 is 30.1 Å². The second-order valence-electron chi connectivity index (χ2n) is 9.87. The van der Waals surface area contributed by atoms with Crippen LogP contribution in [0.25, 0.3) is 0 Å². The van der Waals surface area contributed by atoms with Crippen molar-refractivity contribution < 1.29 is 34.0 Å². The van der Waals surface area contributed by atoms with Gasteiger partial charge in [0.1, 0.15) is 17.7 Å². The molecule has 3 N–H and O–H groups in total. The SMILES string of the molecule is COc1ccc([C@@H]2CN(C(=O)[C@@H](O)CO)C[C@@]2(C)[C@@H](C)O)cc1OC1CCN(c2ccc(F)cn2)C1. The van der Waals surface area contributed by atoms with E-state index in [1.807, 2.05) is 30.0 Å². The fraction of sp³-hybridized carbons (Fsp3) is 0.538. The van der Waals surface area contributed by atoms with Crippen LogP contribution in [0.5, 0.6) is 11.5 Å². The number of hydrogen-bond acceptors (Lipinski definition) is 8. The summed E-state index contributed by atoms with van der Waals surface area (Å²) in [6, 6.07) is 8.64. The molecule has 9 nitrogen and oxygen atoms in total. The van der Waals surface area contributed by atoms with E-state index in [-0.39, 0.29) is 30.9 Å². The van der Waals surface area contributed by atoms with Crippen LogP contribution in [0.2, 0.25) is 0 Å². The fourth-order valence-electron chi connectivity index (χ4n) is 5.15. The number of ether oxygens (including phenoxy) is 2. The number of benzene rings is 1. The molecule has 2 aliphatic heterocycles. The van der Waals surface area contributed by atoms with Gasteiger partial charge in [-0.1, -0.05) is 13.0 Å². The summed E-state index contributed by atoms with van der Waals surface area (Å²) in [6.45, 7) is 4.79. The summed E-state index contributed by atoms with van der Waals surface area (Å²) in [4.78, 5) is 20.3. The Kier molecular flexibility index (Phi) is 7.67. The highest BCUT2D eigenvalue weighted by Crippen LogP contribution is 2.47. The number of amides is 1. The molecule has 0 saturated carbocycles. The zero-order valence-corrected chi connectivity index (χ0v) is 20.8. The molecule has 1 aromatic heterocycles. The maximum Gasteiger partial charge on any atom is 0.253 e. The summed E-state index contributed by atoms with van der Waals surface area (Å²) >= 11 is 0. The molecule has 0 radical (unpaired) electrons. The van der Waals surface area contributed by atoms with Crippen molar-refractivity contribution in [3.63, 3.8) is 0 Å². The lowest BCUT2D eigenvalue weighted by Gasteiger charge is -2.34. The van der Waals surface area contributed by atoms with Crippen LogP contribution in [-0.2, 0) is 4.79 Å². The molecular formula is C26H34FN3O6. The van der Waals surface area contributed by atoms with E-state index in [0.29, 0.717) is 23.9 Å². The van der Waals surface area contributed by atoms with E-state index in [2.05, 4.69) is 4.98 Å². The van der Waals surface area contributed by atoms with Gasteiger partial charge in [-0.25, -0.2) is 9.37 Å². The van der Waals surface area contributed by atoms with E-state index in [1.165, 1.54) is 17.2 Å². The first-order valence-electron chi connectivity index (χ1n) is 12.1. The van der Waals surface area contributed by atoms with Crippen molar-refractivity contribution in [3.8, 4) is 11.5 Å². The van der Waals surface area contributed by atoms with Crippen LogP contribution in [0.15, 0.2) is 36.5 Å². The quantitative estimate of drug-likeness (QED) is 0.497. The molecule has 0 aliphatic carbocycles. The standard InChI is InChI=1S/C26H34FN3O6/c1-16(32)26(2)15-30(25(34)21(33)14-31)13-20(26)17-4-6-22(35-3)23(10-17)36-19-8-9-29(12-19)24-7-5-18(27)11-28-24/h4-7,10-11,16,19-21,31-33H,8-9,12-15H2,1-3H3/t16-,19?,20+,21+,26+/m1/s1. The smallest absolute Gasteiger partial charge is 0.253 e. The van der Waals surface area contributed by atoms with Crippen molar-refractivity contribution in [1.29, 1.82) is 0 Å². The predicted molar refractivity (Wildman–Crippen MR) is 131 cm³/mol. The molecule has 196 valence electrons. The fourth-order valence-corrected chi connectivity index (χ4v) is 5.15. The number of aromatic nitrogens is 1. The number of nitrogens with zero attached hydrogens (tertiary/aromatic N) is 3. The Labute approximate surface area is 210 Å². The topological polar surface area (TPSA) is 116 Å². The highest BCUT2D eigenvalue weighted by Gasteiger charge is 2.49. The number of halogens is 1. The Morgan fingerprint density at radius 3 is 2.67 bits per heavy atom. The van der Waals surface area contributed by atoms with Crippen LogP contribution in [0.3, 0.4) is 0 Å². The summed E-state index contributed by atoms with van der Waals surface area (Å²) in [6.07, 6.45) is -0.403. The second kappa shape index (κ2) is 10.6. The molecule has 2 saturated heterocycles. The Morgan fingerprint density at radius 1 is 1.25 bits per heavy atom. The molecule has 4 rings (SSSR count). The molecule has 10 heteroatoms. The zero-order valence-electron chi connectivity index (χ0n) is 20.8. The number of carbonyl (C=O) groups excluding carboxylic acids is 1. The average molecular weight is 504 g/mol. The van der Waals surface area contributed by atoms with Crippen LogP contribution in [-0.4, -0.2) is 89.3 Å². The molecule has 2 aliphatic rings. The normalized spacial score (nSPS) is 25.6. The third-order valence-electron chi connectivity index (χ3n) is 7.52. The van der Waals surface area contributed by atoms with Crippen LogP contribution in [0.4, 0.5) is 10.2 Å². The molecule has 2 aromatic rings. The first-order chi connectivity index (χ1) is 17.2. The summed E-state index contributed by atoms with van der Waals surface area (Å²) in [7, 11) is 1.57. The largest absolute Gasteiger partial charge is 0.493 e. The van der Waals surface area contributed by atoms with Gasteiger partial charge in [0, 0.05) is 37.4 Å². The van der Waals surface area contributed by atoms with Gasteiger partial charge in [-0.3, -0.25) is 4.79 Å². The van der Waals surface area contributed by atoms with Crippen LogP contribution in [0, 0.1) is 11.2 Å². The van der Waals surface area contributed by atoms with Crippen molar-refractivity contribution in [1.82, 2.24) is 9.88 Å². The number of methoxy groups -OCH3 is 1. The molecule has 0 spiro atoms. The average Bonchev–Trinajstić information content (AvgIpc) is 3.48. The van der Waals surface area contributed by atoms with Crippen LogP contribution in [0.1, 0.15) is 31.7 Å². The second-order valence-corrected chi connectivity index (χ2v) is 9.87. The van der Waals surface area contributed by atoms with Gasteiger partial charge >= 0.3 is 0 Å². The Morgan fingerprint density at radius 2 is 2.03 bits per heavy atom. The monoisotopic (exact) mass is 503 g/mol. The highest BCUT2D eigenvalue weighted by molar-refractivity contribution is 5.81. The van der Waals surface area contributed by atoms with E-state index in [0.717, 1.165) is 18.5 Å². The molecule has 0 bridgehead atoms. The van der Waals surface area contributed by atoms with Crippen LogP contribution >= 0.6 is 0 Å². The summed E-state index contributed by atoms with van der Waals surface area (Å²) < 4.78 is 25.1. The van der Waals surface area contributed by atoms with Gasteiger partial charge in [0.05, 0.1) is 32.6 Å². The lowest BCUT2D eigenvalue weighted by molar-refractivity contribution is -0.141. The van der Waals surface area contributed by atoms with Crippen molar-refractivity contribution >= 4 is 11.7 Å². The van der Waals surface area contributed by atoms with E-state index in [9.17, 15) is 24.5 Å². The number of anilines is 1. The van der Waals surface area contributed by atoms with Gasteiger partial charge in [0.25, 0.3) is 5.91 Å². The number of hydrogen-bond donors (Lipinski definition) is 3. The van der Waals surface area contributed by atoms with Crippen LogP contribution < -0.4 is 14.4 Å². The summed E-state index contributed by atoms with van der Waals surface area (Å²) in [5, 5.41) is 29.7. The minimum Gasteiger partial charge on any atom is -0.493 e. The van der Waals surface area contributed by atoms with Gasteiger partial charge in [0.15, 0.2) is 17.6 Å². The third-order valence-corrected chi connectivity index (χ3v) is 7.52. The van der Waals surface area contributed by atoms with Gasteiger partial charge < -0.3 is 34.6 Å². The summed E-state index contributed by atoms with van der Waals surface area (Å²) in [5.41, 5.74) is 0.202. The molecule has 1 unspecified atom stereocenters. The summed E-state index contributed by atoms with van der Waals surface area (Å²) in [5.74, 6) is 0.646. The van der Waals surface area contributed by atoms with Crippen molar-refractivity contribution in [3.05, 3.63) is 47.9 Å². The molecule has 1 amide bonds. The van der Waals surface area contributed by atoms with Gasteiger partial charge in [0.2, 0.25) is 0 Å². The first kappa shape index (κ1) is 26.1. The molecule has 5 atom stereocenters. The number of pyridine rings is 1. The number of likely N-dealkylation sites (tertiary alicyclic amines) is 1. The number of aliphatic hydroxyl groups excluding tert-OH is 3. The molecule has 3 heterocycles. The maximum absolute atomic E-state index is 13.2. The molecule has 1 aromatic carbocycles. The van der Waals surface area contributed by atoms with Crippen molar-refractivity contribution in [2.45, 2.75) is 44.5 Å². The van der Waals surface area contributed by atoms with Gasteiger partial charge in [-0.15, -0.1) is 0 Å². The Hall–Kier alpha value is -2.95. The van der Waals surface area contributed by atoms with Gasteiger partial charge in [-0.05, 0) is 36.8 Å². The molecule has 2 fully saturated rings. The maximum atomic E-state index is 13.2. The molecule has 36 heavy (non-hydrogen) atoms. The van der Waals surface area contributed by atoms with E-state index in [1.54, 1.807) is 20.1 Å². The van der Waals surface area contributed by atoms with Crippen molar-refractivity contribution in [2.75, 3.05) is 44.8 Å². The predicted octanol–water partition coefficient (Wildman–Crippen LogP) is 1.55.